The van der Waals surface area contributed by atoms with Gasteiger partial charge < -0.3 is 14.9 Å². The van der Waals surface area contributed by atoms with Crippen molar-refractivity contribution in [3.05, 3.63) is 157 Å². The quantitative estimate of drug-likeness (QED) is 0.204. The molecule has 4 heteroatoms. The number of H-pyrrole nitrogens is 2. The van der Waals surface area contributed by atoms with E-state index in [9.17, 15) is 0 Å². The fourth-order valence-electron chi connectivity index (χ4n) is 5.65. The van der Waals surface area contributed by atoms with Crippen molar-refractivity contribution < 1.29 is 0 Å². The molecule has 0 atom stereocenters. The molecular weight excluding hydrogens is 548 g/mol. The third kappa shape index (κ3) is 5.80. The van der Waals surface area contributed by atoms with Gasteiger partial charge in [0.1, 0.15) is 5.69 Å². The zero-order valence-electron chi connectivity index (χ0n) is 25.3. The summed E-state index contributed by atoms with van der Waals surface area (Å²) < 4.78 is 0. The van der Waals surface area contributed by atoms with E-state index < -0.39 is 0 Å². The number of aromatic nitrogens is 3. The summed E-state index contributed by atoms with van der Waals surface area (Å²) in [6.45, 7) is 0. The molecule has 7 aromatic rings. The van der Waals surface area contributed by atoms with E-state index in [2.05, 4.69) is 148 Å². The molecule has 216 valence electrons. The number of benzene rings is 4. The molecule has 2 N–H and O–H groups in total. The highest BCUT2D eigenvalue weighted by Crippen LogP contribution is 2.33. The van der Waals surface area contributed by atoms with Crippen LogP contribution < -0.4 is 4.90 Å². The number of rotatable bonds is 4. The van der Waals surface area contributed by atoms with Gasteiger partial charge in [0.05, 0.1) is 0 Å². The third-order valence-corrected chi connectivity index (χ3v) is 7.95. The van der Waals surface area contributed by atoms with Gasteiger partial charge in [-0.2, -0.15) is 0 Å². The van der Waals surface area contributed by atoms with Crippen LogP contribution in [0.3, 0.4) is 0 Å². The van der Waals surface area contributed by atoms with Crippen molar-refractivity contribution in [3.63, 3.8) is 0 Å². The highest BCUT2D eigenvalue weighted by atomic mass is 15.1. The number of nitrogens with one attached hydrogen (secondary N) is 2. The summed E-state index contributed by atoms with van der Waals surface area (Å²) in [4.78, 5) is 14.7. The molecule has 0 amide bonds. The van der Waals surface area contributed by atoms with Gasteiger partial charge >= 0.3 is 0 Å². The smallest absolute Gasteiger partial charge is 0.123 e. The number of anilines is 1. The minimum absolute atomic E-state index is 0.674. The lowest BCUT2D eigenvalue weighted by Crippen LogP contribution is -2.07. The summed E-state index contributed by atoms with van der Waals surface area (Å²) in [5.74, 6) is 6.88. The number of aromatic amines is 2. The van der Waals surface area contributed by atoms with E-state index in [1.807, 2.05) is 38.5 Å². The molecule has 0 fully saturated rings. The molecule has 0 aliphatic rings. The molecule has 4 aromatic carbocycles. The first kappa shape index (κ1) is 27.8. The average Bonchev–Trinajstić information content (AvgIpc) is 3.76. The third-order valence-electron chi connectivity index (χ3n) is 7.95. The average molecular weight is 581 g/mol. The molecule has 0 saturated heterocycles. The van der Waals surface area contributed by atoms with Crippen molar-refractivity contribution in [2.24, 2.45) is 0 Å². The van der Waals surface area contributed by atoms with Gasteiger partial charge in [-0.3, -0.25) is 0 Å². The second-order valence-electron chi connectivity index (χ2n) is 11.1. The summed E-state index contributed by atoms with van der Waals surface area (Å²) in [6.07, 6.45) is 1.95. The molecule has 4 nitrogen and oxygen atoms in total. The first-order chi connectivity index (χ1) is 22.1. The predicted molar refractivity (Wildman–Crippen MR) is 189 cm³/mol. The summed E-state index contributed by atoms with van der Waals surface area (Å²) in [7, 11) is 4.08. The Labute approximate surface area is 263 Å². The monoisotopic (exact) mass is 580 g/mol. The maximum atomic E-state index is 5.17. The lowest BCUT2D eigenvalue weighted by Gasteiger charge is -2.11. The molecule has 0 radical (unpaired) electrons. The number of hydrogen-bond donors (Lipinski definition) is 2. The van der Waals surface area contributed by atoms with E-state index >= 15 is 0 Å². The molecule has 3 aromatic heterocycles. The van der Waals surface area contributed by atoms with Gasteiger partial charge in [0, 0.05) is 70.3 Å². The van der Waals surface area contributed by atoms with Crippen LogP contribution in [0.2, 0.25) is 0 Å². The highest BCUT2D eigenvalue weighted by molar-refractivity contribution is 5.96. The first-order valence-corrected chi connectivity index (χ1v) is 15.0. The van der Waals surface area contributed by atoms with Gasteiger partial charge in [0.15, 0.2) is 0 Å². The Morgan fingerprint density at radius 3 is 1.56 bits per heavy atom. The van der Waals surface area contributed by atoms with Crippen LogP contribution in [0.15, 0.2) is 146 Å². The normalized spacial score (nSPS) is 10.7. The maximum absolute atomic E-state index is 5.17. The van der Waals surface area contributed by atoms with Crippen molar-refractivity contribution in [2.45, 2.75) is 0 Å². The number of fused-ring (bicyclic) bond motifs is 4. The van der Waals surface area contributed by atoms with Crippen molar-refractivity contribution in [1.29, 1.82) is 0 Å². The van der Waals surface area contributed by atoms with Crippen LogP contribution in [0, 0.1) is 11.8 Å². The second-order valence-corrected chi connectivity index (χ2v) is 11.1. The van der Waals surface area contributed by atoms with Crippen LogP contribution in [0.25, 0.3) is 55.4 Å². The van der Waals surface area contributed by atoms with Gasteiger partial charge in [0.25, 0.3) is 0 Å². The van der Waals surface area contributed by atoms with Crippen LogP contribution in [-0.4, -0.2) is 29.0 Å². The van der Waals surface area contributed by atoms with E-state index in [-0.39, 0.29) is 0 Å². The zero-order valence-corrected chi connectivity index (χ0v) is 25.3. The molecule has 7 rings (SSSR count). The molecule has 4 bridgehead atoms. The molecule has 0 spiro atoms. The van der Waals surface area contributed by atoms with Crippen molar-refractivity contribution in [2.75, 3.05) is 19.0 Å². The summed E-state index contributed by atoms with van der Waals surface area (Å²) in [5.41, 5.74) is 12.9. The summed E-state index contributed by atoms with van der Waals surface area (Å²) in [6, 6.07) is 48.1. The van der Waals surface area contributed by atoms with E-state index in [1.54, 1.807) is 0 Å². The Morgan fingerprint density at radius 2 is 0.978 bits per heavy atom. The minimum atomic E-state index is 0.674. The Hall–Kier alpha value is -6.05. The summed E-state index contributed by atoms with van der Waals surface area (Å²) in [5, 5.41) is 0. The number of hydrogen-bond acceptors (Lipinski definition) is 2. The molecule has 0 aliphatic carbocycles. The lowest BCUT2D eigenvalue weighted by atomic mass is 10.0. The van der Waals surface area contributed by atoms with Crippen molar-refractivity contribution in [1.82, 2.24) is 15.0 Å². The van der Waals surface area contributed by atoms with Gasteiger partial charge in [-0.05, 0) is 71.1 Å². The lowest BCUT2D eigenvalue weighted by molar-refractivity contribution is 1.13. The predicted octanol–water partition coefficient (Wildman–Crippen LogP) is 9.64. The fraction of sp³-hybridized carbons (Fsp3) is 0.0488. The fourth-order valence-corrected chi connectivity index (χ4v) is 5.65. The van der Waals surface area contributed by atoms with E-state index in [4.69, 9.17) is 4.98 Å². The van der Waals surface area contributed by atoms with Crippen LogP contribution in [0.5, 0.6) is 0 Å². The largest absolute Gasteiger partial charge is 0.378 e. The summed E-state index contributed by atoms with van der Waals surface area (Å²) >= 11 is 0. The molecule has 45 heavy (non-hydrogen) atoms. The first-order valence-electron chi connectivity index (χ1n) is 15.0. The number of nitrogens with zero attached hydrogens (tertiary/aromatic N) is 2. The minimum Gasteiger partial charge on any atom is -0.378 e. The maximum Gasteiger partial charge on any atom is 0.123 e. The van der Waals surface area contributed by atoms with E-state index in [0.29, 0.717) is 5.69 Å². The van der Waals surface area contributed by atoms with Crippen molar-refractivity contribution in [3.8, 4) is 45.2 Å². The molecule has 0 unspecified atom stereocenters. The van der Waals surface area contributed by atoms with Gasteiger partial charge in [-0.15, -0.1) is 0 Å². The Bertz CT molecular complexity index is 2210. The van der Waals surface area contributed by atoms with Gasteiger partial charge in [0.2, 0.25) is 0 Å². The van der Waals surface area contributed by atoms with Crippen LogP contribution >= 0.6 is 0 Å². The Morgan fingerprint density at radius 1 is 0.489 bits per heavy atom. The van der Waals surface area contributed by atoms with Crippen LogP contribution in [0.4, 0.5) is 5.69 Å². The van der Waals surface area contributed by atoms with Crippen LogP contribution in [0.1, 0.15) is 11.3 Å². The zero-order chi connectivity index (χ0) is 30.6. The van der Waals surface area contributed by atoms with E-state index in [0.717, 1.165) is 66.7 Å². The van der Waals surface area contributed by atoms with Crippen molar-refractivity contribution >= 4 is 27.8 Å². The molecule has 0 saturated carbocycles. The highest BCUT2D eigenvalue weighted by Gasteiger charge is 2.12. The standard InChI is InChI=1S/C41H32N4/c1-45(2)33-21-18-29(19-22-33)20-23-36-40(31-14-8-4-9-15-31)37-26-27-39(44-37)41(32-16-10-5-11-17-32)38-25-24-35(43-38)34(28-42-36)30-12-6-3-7-13-30/h3-19,21-22,24-28,43-44H,1-2H3. The molecule has 0 aliphatic heterocycles. The Kier molecular flexibility index (Phi) is 7.58. The topological polar surface area (TPSA) is 47.7 Å². The van der Waals surface area contributed by atoms with Crippen LogP contribution in [-0.2, 0) is 0 Å². The molecule has 3 heterocycles. The second kappa shape index (κ2) is 12.3. The molecular formula is C41H32N4. The van der Waals surface area contributed by atoms with E-state index in [1.165, 1.54) is 0 Å². The van der Waals surface area contributed by atoms with Gasteiger partial charge in [-0.25, -0.2) is 4.98 Å². The SMILES string of the molecule is CN(C)c1ccc(C#Cc2ncc(-c3ccccc3)c3ccc([nH]3)c(-c3ccccc3)c3ccc([nH]3)c2-c2ccccc2)cc1. The van der Waals surface area contributed by atoms with Gasteiger partial charge in [-0.1, -0.05) is 96.9 Å². The Balaban J connectivity index is 1.59.